The summed E-state index contributed by atoms with van der Waals surface area (Å²) < 4.78 is 92.5. The van der Waals surface area contributed by atoms with E-state index in [0.29, 0.717) is 20.8 Å². The van der Waals surface area contributed by atoms with Gasteiger partial charge >= 0.3 is 18.1 Å². The van der Waals surface area contributed by atoms with Crippen molar-refractivity contribution in [3.63, 3.8) is 0 Å². The Morgan fingerprint density at radius 1 is 0.976 bits per heavy atom. The molecule has 15 heteroatoms. The second kappa shape index (κ2) is 11.5. The minimum atomic E-state index is -5.00. The minimum Gasteiger partial charge on any atom is -0.425 e. The minimum absolute atomic E-state index is 0.0556. The maximum atomic E-state index is 14.4. The average Bonchev–Trinajstić information content (AvgIpc) is 3.24. The van der Waals surface area contributed by atoms with Gasteiger partial charge in [0.15, 0.2) is 11.2 Å². The van der Waals surface area contributed by atoms with Gasteiger partial charge in [0.05, 0.1) is 13.1 Å². The van der Waals surface area contributed by atoms with E-state index in [-0.39, 0.29) is 30.8 Å². The molecule has 0 spiro atoms. The molecule has 4 aromatic rings. The normalized spacial score (nSPS) is 12.1. The summed E-state index contributed by atoms with van der Waals surface area (Å²) in [4.78, 5) is 30.8. The Labute approximate surface area is 227 Å². The quantitative estimate of drug-likeness (QED) is 0.207. The van der Waals surface area contributed by atoms with Crippen LogP contribution in [0.2, 0.25) is 0 Å². The zero-order valence-corrected chi connectivity index (χ0v) is 21.1. The first-order valence-corrected chi connectivity index (χ1v) is 12.0. The van der Waals surface area contributed by atoms with Gasteiger partial charge in [0.1, 0.15) is 17.3 Å². The van der Waals surface area contributed by atoms with E-state index < -0.39 is 59.9 Å². The molecule has 41 heavy (non-hydrogen) atoms. The number of aliphatic hydroxyl groups excluding tert-OH is 1. The molecule has 2 aromatic heterocycles. The summed E-state index contributed by atoms with van der Waals surface area (Å²) in [6.45, 7) is 0.835. The second-order valence-corrected chi connectivity index (χ2v) is 8.77. The van der Waals surface area contributed by atoms with Crippen molar-refractivity contribution < 1.29 is 40.9 Å². The van der Waals surface area contributed by atoms with Crippen molar-refractivity contribution in [2.45, 2.75) is 38.3 Å². The molecule has 0 amide bonds. The fraction of sp³-hybridized carbons (Fsp3) is 0.269. The number of fused-ring (bicyclic) bond motifs is 1. The number of halogens is 6. The van der Waals surface area contributed by atoms with Crippen LogP contribution in [0, 0.1) is 5.82 Å². The molecular weight excluding hydrogens is 562 g/mol. The molecule has 0 aliphatic carbocycles. The Hall–Kier alpha value is -4.53. The SMILES string of the molecule is C=CC(F)(F)Cn1c(=O)n(CCCO)c(=O)c2c1nc(Oc1cccc(OC(F)(F)F)c1)n2Cc1ccc(F)cc1. The van der Waals surface area contributed by atoms with Gasteiger partial charge in [-0.05, 0) is 42.3 Å². The standard InChI is InChI=1S/C26H22F6N4O5/c1-2-25(28,29)15-36-21-20(22(38)34(24(36)39)11-4-12-37)35(14-16-7-9-17(27)10-8-16)23(33-21)40-18-5-3-6-19(13-18)41-26(30,31)32/h2-3,5-10,13,37H,1,4,11-12,14-15H2. The third kappa shape index (κ3) is 6.80. The lowest BCUT2D eigenvalue weighted by Gasteiger charge is -2.16. The Kier molecular flexibility index (Phi) is 8.28. The maximum absolute atomic E-state index is 14.4. The molecule has 0 aliphatic heterocycles. The smallest absolute Gasteiger partial charge is 0.425 e. The number of allylic oxidation sites excluding steroid dienone is 1. The lowest BCUT2D eigenvalue weighted by atomic mass is 10.2. The molecular formula is C26H22F6N4O5. The van der Waals surface area contributed by atoms with Crippen LogP contribution in [-0.4, -0.2) is 42.7 Å². The van der Waals surface area contributed by atoms with E-state index in [2.05, 4.69) is 16.3 Å². The monoisotopic (exact) mass is 584 g/mol. The number of benzene rings is 2. The number of hydrogen-bond donors (Lipinski definition) is 1. The summed E-state index contributed by atoms with van der Waals surface area (Å²) in [6.07, 6.45) is -4.74. The van der Waals surface area contributed by atoms with Gasteiger partial charge in [-0.15, -0.1) is 13.2 Å². The van der Waals surface area contributed by atoms with Gasteiger partial charge in [-0.2, -0.15) is 4.98 Å². The van der Waals surface area contributed by atoms with Crippen molar-refractivity contribution in [3.8, 4) is 17.5 Å². The molecule has 0 unspecified atom stereocenters. The number of imidazole rings is 1. The molecule has 0 saturated carbocycles. The molecule has 0 fully saturated rings. The van der Waals surface area contributed by atoms with E-state index in [4.69, 9.17) is 4.74 Å². The van der Waals surface area contributed by atoms with Crippen LogP contribution < -0.4 is 20.7 Å². The van der Waals surface area contributed by atoms with Crippen LogP contribution in [0.1, 0.15) is 12.0 Å². The highest BCUT2D eigenvalue weighted by molar-refractivity contribution is 5.72. The molecule has 0 atom stereocenters. The summed E-state index contributed by atoms with van der Waals surface area (Å²) in [5.74, 6) is -5.03. The molecule has 2 heterocycles. The Balaban J connectivity index is 1.96. The van der Waals surface area contributed by atoms with Gasteiger partial charge in [0.25, 0.3) is 11.5 Å². The number of aliphatic hydroxyl groups is 1. The molecule has 0 saturated heterocycles. The zero-order valence-electron chi connectivity index (χ0n) is 21.1. The Morgan fingerprint density at radius 3 is 2.29 bits per heavy atom. The second-order valence-electron chi connectivity index (χ2n) is 8.77. The van der Waals surface area contributed by atoms with E-state index in [9.17, 15) is 41.0 Å². The van der Waals surface area contributed by atoms with Crippen LogP contribution in [0.4, 0.5) is 26.3 Å². The van der Waals surface area contributed by atoms with Crippen LogP contribution >= 0.6 is 0 Å². The highest BCUT2D eigenvalue weighted by Gasteiger charge is 2.32. The highest BCUT2D eigenvalue weighted by Crippen LogP contribution is 2.31. The van der Waals surface area contributed by atoms with Crippen LogP contribution in [0.3, 0.4) is 0 Å². The van der Waals surface area contributed by atoms with Crippen LogP contribution in [0.25, 0.3) is 11.2 Å². The summed E-state index contributed by atoms with van der Waals surface area (Å²) in [7, 11) is 0. The van der Waals surface area contributed by atoms with Gasteiger partial charge in [-0.25, -0.2) is 18.0 Å². The molecule has 0 aliphatic rings. The molecule has 218 valence electrons. The Bertz CT molecular complexity index is 1680. The molecule has 9 nitrogen and oxygen atoms in total. The zero-order chi connectivity index (χ0) is 29.9. The lowest BCUT2D eigenvalue weighted by molar-refractivity contribution is -0.274. The molecule has 4 rings (SSSR count). The fourth-order valence-electron chi connectivity index (χ4n) is 3.95. The van der Waals surface area contributed by atoms with Gasteiger partial charge in [0, 0.05) is 19.2 Å². The van der Waals surface area contributed by atoms with Crippen molar-refractivity contribution in [2.75, 3.05) is 6.61 Å². The number of rotatable bonds is 11. The number of alkyl halides is 5. The highest BCUT2D eigenvalue weighted by atomic mass is 19.4. The van der Waals surface area contributed by atoms with E-state index >= 15 is 0 Å². The number of aromatic nitrogens is 4. The third-order valence-corrected chi connectivity index (χ3v) is 5.79. The topological polar surface area (TPSA) is 101 Å². The maximum Gasteiger partial charge on any atom is 0.573 e. The number of ether oxygens (including phenoxy) is 2. The van der Waals surface area contributed by atoms with E-state index in [1.807, 2.05) is 0 Å². The largest absolute Gasteiger partial charge is 0.573 e. The van der Waals surface area contributed by atoms with Crippen molar-refractivity contribution in [2.24, 2.45) is 0 Å². The van der Waals surface area contributed by atoms with Crippen molar-refractivity contribution in [3.05, 3.63) is 93.4 Å². The average molecular weight is 584 g/mol. The fourth-order valence-corrected chi connectivity index (χ4v) is 3.95. The number of nitrogens with zero attached hydrogens (tertiary/aromatic N) is 4. The van der Waals surface area contributed by atoms with Crippen LogP contribution in [0.5, 0.6) is 17.5 Å². The summed E-state index contributed by atoms with van der Waals surface area (Å²) >= 11 is 0. The van der Waals surface area contributed by atoms with Gasteiger partial charge in [-0.1, -0.05) is 24.8 Å². The summed E-state index contributed by atoms with van der Waals surface area (Å²) in [5.41, 5.74) is -2.54. The van der Waals surface area contributed by atoms with Gasteiger partial charge in [-0.3, -0.25) is 18.5 Å². The molecule has 0 radical (unpaired) electrons. The third-order valence-electron chi connectivity index (χ3n) is 5.79. The first-order valence-electron chi connectivity index (χ1n) is 12.0. The molecule has 2 aromatic carbocycles. The Morgan fingerprint density at radius 2 is 1.66 bits per heavy atom. The lowest BCUT2D eigenvalue weighted by Crippen LogP contribution is -2.43. The van der Waals surface area contributed by atoms with Crippen molar-refractivity contribution >= 4 is 11.2 Å². The molecule has 1 N–H and O–H groups in total. The van der Waals surface area contributed by atoms with E-state index in [1.54, 1.807) is 0 Å². The predicted octanol–water partition coefficient (Wildman–Crippen LogP) is 4.44. The van der Waals surface area contributed by atoms with Gasteiger partial charge < -0.3 is 14.6 Å². The molecule has 0 bridgehead atoms. The van der Waals surface area contributed by atoms with E-state index in [0.717, 1.165) is 28.8 Å². The van der Waals surface area contributed by atoms with Crippen LogP contribution in [-0.2, 0) is 19.6 Å². The first kappa shape index (κ1) is 29.5. The van der Waals surface area contributed by atoms with Crippen molar-refractivity contribution in [1.82, 2.24) is 18.7 Å². The summed E-state index contributed by atoms with van der Waals surface area (Å²) in [5, 5.41) is 9.24. The van der Waals surface area contributed by atoms with Crippen molar-refractivity contribution in [1.29, 1.82) is 0 Å². The van der Waals surface area contributed by atoms with Crippen LogP contribution in [0.15, 0.2) is 70.8 Å². The predicted molar refractivity (Wildman–Crippen MR) is 134 cm³/mol. The number of hydrogen-bond acceptors (Lipinski definition) is 6. The summed E-state index contributed by atoms with van der Waals surface area (Å²) in [6, 6.07) is 8.89. The first-order chi connectivity index (χ1) is 19.3. The van der Waals surface area contributed by atoms with Gasteiger partial charge in [0.2, 0.25) is 0 Å². The van der Waals surface area contributed by atoms with E-state index in [1.165, 1.54) is 24.3 Å².